The lowest BCUT2D eigenvalue weighted by atomic mass is 9.82. The highest BCUT2D eigenvalue weighted by Crippen LogP contribution is 2.46. The van der Waals surface area contributed by atoms with Gasteiger partial charge in [0, 0.05) is 37.5 Å². The molecule has 2 heterocycles. The number of fused-ring (bicyclic) bond motifs is 6. The summed E-state index contributed by atoms with van der Waals surface area (Å²) in [4.78, 5) is 14.1. The number of carbonyl (C=O) groups excluding carboxylic acids is 1. The molecule has 212 valence electrons. The predicted octanol–water partition coefficient (Wildman–Crippen LogP) is 10.8. The van der Waals surface area contributed by atoms with Crippen molar-refractivity contribution < 1.29 is 4.79 Å². The average molecular weight is 570 g/mol. The number of carbonyl (C=O) groups is 1. The molecular formula is C39H39NOS. The molecule has 1 aliphatic rings. The molecule has 1 atom stereocenters. The molecule has 2 aromatic heterocycles. The Morgan fingerprint density at radius 2 is 1.36 bits per heavy atom. The van der Waals surface area contributed by atoms with Gasteiger partial charge >= 0.3 is 0 Å². The van der Waals surface area contributed by atoms with Crippen molar-refractivity contribution >= 4 is 39.4 Å². The Morgan fingerprint density at radius 3 is 2.14 bits per heavy atom. The van der Waals surface area contributed by atoms with Gasteiger partial charge in [0.2, 0.25) is 0 Å². The van der Waals surface area contributed by atoms with Gasteiger partial charge in [0.15, 0.2) is 0 Å². The molecule has 0 amide bonds. The van der Waals surface area contributed by atoms with E-state index < -0.39 is 5.41 Å². The topological polar surface area (TPSA) is 22.0 Å². The van der Waals surface area contributed by atoms with Crippen LogP contribution in [0.1, 0.15) is 80.8 Å². The van der Waals surface area contributed by atoms with Crippen LogP contribution in [0.3, 0.4) is 0 Å². The summed E-state index contributed by atoms with van der Waals surface area (Å²) in [7, 11) is 0. The molecule has 4 aromatic carbocycles. The predicted molar refractivity (Wildman–Crippen MR) is 181 cm³/mol. The van der Waals surface area contributed by atoms with Crippen LogP contribution in [0.15, 0.2) is 97.1 Å². The zero-order chi connectivity index (χ0) is 29.8. The SMILES string of the molecule is CC.CC1c2ccccc2-c2ccc(-n3c4ccccc4c4cc(C(C)(C)c5ccc(C(C)(C)C=O)s5)ccc43)cc21. The number of para-hydroxylation sites is 1. The Bertz CT molecular complexity index is 1950. The highest BCUT2D eigenvalue weighted by atomic mass is 32.1. The zero-order valence-corrected chi connectivity index (χ0v) is 26.5. The van der Waals surface area contributed by atoms with Gasteiger partial charge in [-0.2, -0.15) is 0 Å². The van der Waals surface area contributed by atoms with Gasteiger partial charge in [-0.3, -0.25) is 0 Å². The van der Waals surface area contributed by atoms with E-state index in [0.29, 0.717) is 5.92 Å². The quantitative estimate of drug-likeness (QED) is 0.189. The summed E-state index contributed by atoms with van der Waals surface area (Å²) >= 11 is 1.75. The second kappa shape index (κ2) is 10.4. The van der Waals surface area contributed by atoms with E-state index in [1.165, 1.54) is 60.2 Å². The fraction of sp³-hybridized carbons (Fsp3) is 0.256. The van der Waals surface area contributed by atoms with Gasteiger partial charge < -0.3 is 9.36 Å². The minimum Gasteiger partial charge on any atom is -0.309 e. The third-order valence-corrected chi connectivity index (χ3v) is 10.8. The number of hydrogen-bond acceptors (Lipinski definition) is 2. The van der Waals surface area contributed by atoms with Crippen LogP contribution in [0.5, 0.6) is 0 Å². The maximum Gasteiger partial charge on any atom is 0.130 e. The standard InChI is InChI=1S/C37H33NOS.C2H6/c1-23-26-10-6-7-11-27(26)28-16-15-25(21-30(23)28)38-32-13-9-8-12-29(32)31-20-24(14-17-33(31)38)37(4,5)35-19-18-34(40-35)36(2,3)22-39;1-2/h6-23H,1-5H3;1-2H3. The van der Waals surface area contributed by atoms with Gasteiger partial charge in [-0.1, -0.05) is 89.2 Å². The number of thiophene rings is 1. The molecule has 0 bridgehead atoms. The molecule has 42 heavy (non-hydrogen) atoms. The second-order valence-electron chi connectivity index (χ2n) is 12.3. The van der Waals surface area contributed by atoms with Crippen LogP contribution < -0.4 is 0 Å². The Labute approximate surface area is 253 Å². The molecule has 0 fully saturated rings. The Hall–Kier alpha value is -3.95. The van der Waals surface area contributed by atoms with Crippen molar-refractivity contribution in [1.82, 2.24) is 4.57 Å². The lowest BCUT2D eigenvalue weighted by molar-refractivity contribution is -0.111. The van der Waals surface area contributed by atoms with Crippen LogP contribution >= 0.6 is 11.3 Å². The van der Waals surface area contributed by atoms with Crippen LogP contribution in [0, 0.1) is 0 Å². The summed E-state index contributed by atoms with van der Waals surface area (Å²) in [6.45, 7) is 14.9. The monoisotopic (exact) mass is 569 g/mol. The van der Waals surface area contributed by atoms with Gasteiger partial charge in [-0.05, 0) is 84.1 Å². The van der Waals surface area contributed by atoms with Crippen LogP contribution in [-0.2, 0) is 15.6 Å². The molecule has 3 heteroatoms. The first kappa shape index (κ1) is 28.2. The molecular weight excluding hydrogens is 531 g/mol. The summed E-state index contributed by atoms with van der Waals surface area (Å²) in [5, 5.41) is 2.53. The van der Waals surface area contributed by atoms with E-state index >= 15 is 0 Å². The first-order valence-electron chi connectivity index (χ1n) is 15.0. The van der Waals surface area contributed by atoms with Gasteiger partial charge in [0.25, 0.3) is 0 Å². The van der Waals surface area contributed by atoms with Gasteiger partial charge in [-0.15, -0.1) is 11.3 Å². The van der Waals surface area contributed by atoms with E-state index in [-0.39, 0.29) is 5.41 Å². The molecule has 0 spiro atoms. The molecule has 0 saturated carbocycles. The molecule has 1 aliphatic carbocycles. The van der Waals surface area contributed by atoms with Crippen LogP contribution in [-0.4, -0.2) is 10.9 Å². The van der Waals surface area contributed by atoms with Crippen LogP contribution in [0.2, 0.25) is 0 Å². The van der Waals surface area contributed by atoms with Crippen molar-refractivity contribution in [3.8, 4) is 16.8 Å². The van der Waals surface area contributed by atoms with Crippen molar-refractivity contribution in [2.45, 2.75) is 65.2 Å². The number of aromatic nitrogens is 1. The lowest BCUT2D eigenvalue weighted by Crippen LogP contribution is -2.18. The summed E-state index contributed by atoms with van der Waals surface area (Å²) < 4.78 is 2.42. The first-order chi connectivity index (χ1) is 20.2. The summed E-state index contributed by atoms with van der Waals surface area (Å²) in [5.74, 6) is 0.381. The largest absolute Gasteiger partial charge is 0.309 e. The molecule has 0 saturated heterocycles. The molecule has 0 N–H and O–H groups in total. The van der Waals surface area contributed by atoms with E-state index in [9.17, 15) is 4.79 Å². The maximum atomic E-state index is 11.7. The number of rotatable bonds is 5. The minimum atomic E-state index is -0.467. The van der Waals surface area contributed by atoms with Crippen molar-refractivity contribution in [3.63, 3.8) is 0 Å². The van der Waals surface area contributed by atoms with E-state index in [1.807, 2.05) is 27.7 Å². The number of aldehydes is 1. The van der Waals surface area contributed by atoms with Crippen LogP contribution in [0.25, 0.3) is 38.6 Å². The average Bonchev–Trinajstić information content (AvgIpc) is 3.73. The second-order valence-corrected chi connectivity index (χ2v) is 13.4. The van der Waals surface area contributed by atoms with Gasteiger partial charge in [0.05, 0.1) is 16.4 Å². The smallest absolute Gasteiger partial charge is 0.130 e. The van der Waals surface area contributed by atoms with Crippen molar-refractivity contribution in [2.24, 2.45) is 0 Å². The normalized spacial score (nSPS) is 14.4. The molecule has 0 aliphatic heterocycles. The van der Waals surface area contributed by atoms with E-state index in [4.69, 9.17) is 0 Å². The molecule has 0 radical (unpaired) electrons. The lowest BCUT2D eigenvalue weighted by Gasteiger charge is -2.25. The van der Waals surface area contributed by atoms with E-state index in [0.717, 1.165) is 11.2 Å². The van der Waals surface area contributed by atoms with Crippen molar-refractivity contribution in [3.05, 3.63) is 124 Å². The van der Waals surface area contributed by atoms with E-state index in [1.54, 1.807) is 11.3 Å². The molecule has 1 unspecified atom stereocenters. The maximum absolute atomic E-state index is 11.7. The fourth-order valence-electron chi connectivity index (χ4n) is 6.44. The molecule has 7 rings (SSSR count). The first-order valence-corrected chi connectivity index (χ1v) is 15.9. The minimum absolute atomic E-state index is 0.186. The van der Waals surface area contributed by atoms with Gasteiger partial charge in [0.1, 0.15) is 6.29 Å². The summed E-state index contributed by atoms with van der Waals surface area (Å²) in [6.07, 6.45) is 1.05. The molecule has 6 aromatic rings. The summed E-state index contributed by atoms with van der Waals surface area (Å²) in [6, 6.07) is 35.8. The Morgan fingerprint density at radius 1 is 0.690 bits per heavy atom. The van der Waals surface area contributed by atoms with Crippen molar-refractivity contribution in [1.29, 1.82) is 0 Å². The third kappa shape index (κ3) is 4.25. The molecule has 2 nitrogen and oxygen atoms in total. The van der Waals surface area contributed by atoms with E-state index in [2.05, 4.69) is 122 Å². The van der Waals surface area contributed by atoms with Crippen LogP contribution in [0.4, 0.5) is 0 Å². The number of hydrogen-bond donors (Lipinski definition) is 0. The highest BCUT2D eigenvalue weighted by Gasteiger charge is 2.30. The number of benzene rings is 4. The Balaban J connectivity index is 0.00000155. The summed E-state index contributed by atoms with van der Waals surface area (Å²) in [5.41, 5.74) is 9.79. The highest BCUT2D eigenvalue weighted by molar-refractivity contribution is 7.12. The Kier molecular flexibility index (Phi) is 6.98. The third-order valence-electron chi connectivity index (χ3n) is 9.02. The van der Waals surface area contributed by atoms with Crippen molar-refractivity contribution in [2.75, 3.05) is 0 Å². The zero-order valence-electron chi connectivity index (χ0n) is 25.7. The number of nitrogens with zero attached hydrogens (tertiary/aromatic N) is 1. The van der Waals surface area contributed by atoms with Gasteiger partial charge in [-0.25, -0.2) is 0 Å². The fourth-order valence-corrected chi connectivity index (χ4v) is 7.63.